The van der Waals surface area contributed by atoms with E-state index in [0.717, 1.165) is 18.3 Å². The molecule has 0 radical (unpaired) electrons. The number of carbonyl (C=O) groups is 1. The van der Waals surface area contributed by atoms with Gasteiger partial charge in [-0.15, -0.1) is 0 Å². The van der Waals surface area contributed by atoms with Crippen LogP contribution in [0.15, 0.2) is 53.5 Å². The first-order valence-electron chi connectivity index (χ1n) is 10.2. The highest BCUT2D eigenvalue weighted by Crippen LogP contribution is 2.45. The number of halogens is 3. The van der Waals surface area contributed by atoms with Crippen molar-refractivity contribution in [3.63, 3.8) is 0 Å². The second-order valence-corrected chi connectivity index (χ2v) is 8.06. The largest absolute Gasteiger partial charge is 0.502 e. The van der Waals surface area contributed by atoms with Gasteiger partial charge in [0.1, 0.15) is 5.82 Å². The van der Waals surface area contributed by atoms with Crippen LogP contribution in [0.25, 0.3) is 0 Å². The molecule has 0 spiro atoms. The van der Waals surface area contributed by atoms with Crippen LogP contribution in [0, 0.1) is 17.5 Å². The van der Waals surface area contributed by atoms with E-state index in [1.165, 1.54) is 28.9 Å². The van der Waals surface area contributed by atoms with Gasteiger partial charge in [0.05, 0.1) is 18.3 Å². The van der Waals surface area contributed by atoms with E-state index in [9.17, 15) is 27.9 Å². The molecule has 1 fully saturated rings. The van der Waals surface area contributed by atoms with E-state index >= 15 is 0 Å². The van der Waals surface area contributed by atoms with Crippen molar-refractivity contribution in [1.29, 1.82) is 0 Å². The number of rotatable bonds is 3. The summed E-state index contributed by atoms with van der Waals surface area (Å²) in [5.41, 5.74) is -0.236. The van der Waals surface area contributed by atoms with Crippen molar-refractivity contribution >= 4 is 5.91 Å². The van der Waals surface area contributed by atoms with E-state index < -0.39 is 52.5 Å². The number of nitrogens with zero attached hydrogens (tertiary/aromatic N) is 3. The lowest BCUT2D eigenvalue weighted by Gasteiger charge is -2.42. The summed E-state index contributed by atoms with van der Waals surface area (Å²) in [5.74, 6) is -4.57. The van der Waals surface area contributed by atoms with Crippen LogP contribution >= 0.6 is 0 Å². The molecule has 1 N–H and O–H groups in total. The molecule has 1 saturated heterocycles. The summed E-state index contributed by atoms with van der Waals surface area (Å²) in [6.07, 6.45) is 2.19. The minimum absolute atomic E-state index is 0.260. The van der Waals surface area contributed by atoms with E-state index in [1.54, 1.807) is 11.0 Å². The highest BCUT2D eigenvalue weighted by Gasteiger charge is 2.48. The first kappa shape index (κ1) is 20.3. The number of aromatic hydroxyl groups is 1. The number of hydrogen-bond donors (Lipinski definition) is 1. The Balaban J connectivity index is 1.79. The minimum atomic E-state index is -1.06. The zero-order valence-electron chi connectivity index (χ0n) is 16.7. The Morgan fingerprint density at radius 1 is 1.03 bits per heavy atom. The molecule has 0 saturated carbocycles. The Bertz CT molecular complexity index is 1290. The predicted octanol–water partition coefficient (Wildman–Crippen LogP) is 3.36. The van der Waals surface area contributed by atoms with Gasteiger partial charge in [-0.2, -0.15) is 5.10 Å². The third-order valence-corrected chi connectivity index (χ3v) is 6.28. The Kier molecular flexibility index (Phi) is 4.76. The summed E-state index contributed by atoms with van der Waals surface area (Å²) in [4.78, 5) is 26.7. The van der Waals surface area contributed by atoms with Gasteiger partial charge in [-0.25, -0.2) is 13.2 Å². The monoisotopic (exact) mass is 441 g/mol. The number of hydrogen-bond acceptors (Lipinski definition) is 4. The van der Waals surface area contributed by atoms with Crippen LogP contribution < -0.4 is 5.43 Å². The fraction of sp³-hybridized carbons (Fsp3) is 0.261. The van der Waals surface area contributed by atoms with Crippen molar-refractivity contribution in [2.75, 3.05) is 6.54 Å². The maximum Gasteiger partial charge on any atom is 0.276 e. The molecule has 2 aromatic carbocycles. The zero-order valence-corrected chi connectivity index (χ0v) is 16.7. The van der Waals surface area contributed by atoms with E-state index in [0.29, 0.717) is 30.5 Å². The van der Waals surface area contributed by atoms with Crippen LogP contribution in [0.2, 0.25) is 0 Å². The quantitative estimate of drug-likeness (QED) is 0.677. The van der Waals surface area contributed by atoms with E-state index in [4.69, 9.17) is 0 Å². The molecule has 1 unspecified atom stereocenters. The lowest BCUT2D eigenvalue weighted by molar-refractivity contribution is 0.0565. The molecule has 3 heterocycles. The smallest absolute Gasteiger partial charge is 0.276 e. The van der Waals surface area contributed by atoms with Crippen molar-refractivity contribution in [1.82, 2.24) is 14.7 Å². The Labute approximate surface area is 180 Å². The number of amides is 1. The molecule has 0 bridgehead atoms. The summed E-state index contributed by atoms with van der Waals surface area (Å²) < 4.78 is 43.4. The van der Waals surface area contributed by atoms with Crippen LogP contribution in [-0.2, 0) is 0 Å². The lowest BCUT2D eigenvalue weighted by Crippen LogP contribution is -2.50. The molecule has 2 aliphatic heterocycles. The van der Waals surface area contributed by atoms with Crippen molar-refractivity contribution in [3.8, 4) is 5.75 Å². The van der Waals surface area contributed by atoms with E-state index in [1.807, 2.05) is 0 Å². The van der Waals surface area contributed by atoms with Crippen LogP contribution in [0.3, 0.4) is 0 Å². The third-order valence-electron chi connectivity index (χ3n) is 6.28. The molecule has 3 aromatic rings. The third kappa shape index (κ3) is 3.07. The normalized spacial score (nSPS) is 20.7. The summed E-state index contributed by atoms with van der Waals surface area (Å²) in [6, 6.07) is 8.09. The molecule has 32 heavy (non-hydrogen) atoms. The van der Waals surface area contributed by atoms with Crippen LogP contribution in [-0.4, -0.2) is 38.3 Å². The maximum atomic E-state index is 14.2. The molecule has 3 atom stereocenters. The minimum Gasteiger partial charge on any atom is -0.502 e. The average molecular weight is 441 g/mol. The van der Waals surface area contributed by atoms with Crippen molar-refractivity contribution in [2.24, 2.45) is 0 Å². The number of fused-ring (bicyclic) bond motifs is 2. The Hall–Kier alpha value is -3.62. The second kappa shape index (κ2) is 7.51. The molecule has 0 aliphatic carbocycles. The van der Waals surface area contributed by atoms with Gasteiger partial charge in [0.25, 0.3) is 5.91 Å². The van der Waals surface area contributed by atoms with Gasteiger partial charge in [-0.05, 0) is 48.2 Å². The van der Waals surface area contributed by atoms with Crippen LogP contribution in [0.5, 0.6) is 5.75 Å². The van der Waals surface area contributed by atoms with Gasteiger partial charge in [-0.1, -0.05) is 18.2 Å². The number of benzene rings is 2. The number of carbonyl (C=O) groups excluding carboxylic acids is 1. The van der Waals surface area contributed by atoms with Crippen LogP contribution in [0.1, 0.15) is 46.4 Å². The van der Waals surface area contributed by atoms with Crippen molar-refractivity contribution in [3.05, 3.63) is 93.2 Å². The topological polar surface area (TPSA) is 75.4 Å². The van der Waals surface area contributed by atoms with Gasteiger partial charge in [0, 0.05) is 12.5 Å². The van der Waals surface area contributed by atoms with Gasteiger partial charge in [0.15, 0.2) is 23.1 Å². The van der Waals surface area contributed by atoms with Gasteiger partial charge in [0.2, 0.25) is 5.43 Å². The fourth-order valence-corrected chi connectivity index (χ4v) is 4.94. The van der Waals surface area contributed by atoms with Crippen LogP contribution in [0.4, 0.5) is 13.2 Å². The molecular weight excluding hydrogens is 423 g/mol. The average Bonchev–Trinajstić information content (AvgIpc) is 3.25. The fourth-order valence-electron chi connectivity index (χ4n) is 4.94. The highest BCUT2D eigenvalue weighted by molar-refractivity contribution is 5.96. The Morgan fingerprint density at radius 3 is 2.56 bits per heavy atom. The summed E-state index contributed by atoms with van der Waals surface area (Å²) >= 11 is 0. The maximum absolute atomic E-state index is 14.2. The summed E-state index contributed by atoms with van der Waals surface area (Å²) in [6.45, 7) is 0.413. The first-order valence-corrected chi connectivity index (χ1v) is 10.2. The van der Waals surface area contributed by atoms with Gasteiger partial charge in [-0.3, -0.25) is 14.3 Å². The standard InChI is InChI=1S/C23H18F3N3O3/c24-14-4-1-3-12(9-14)19(13-6-7-15(25)16(26)10-13)20-17-5-2-8-28(17)23(32)21-22(31)18(30)11-27-29(20)21/h1,3-4,6-7,9-11,17,19-20,31H,2,5,8H2/t17-,19?,20-/m1/s1. The molecular formula is C23H18F3N3O3. The molecule has 6 nitrogen and oxygen atoms in total. The molecule has 1 aromatic heterocycles. The molecule has 5 rings (SSSR count). The second-order valence-electron chi connectivity index (χ2n) is 8.06. The highest BCUT2D eigenvalue weighted by atomic mass is 19.2. The van der Waals surface area contributed by atoms with Gasteiger partial charge < -0.3 is 10.0 Å². The molecule has 2 aliphatic rings. The van der Waals surface area contributed by atoms with Crippen molar-refractivity contribution in [2.45, 2.75) is 30.8 Å². The summed E-state index contributed by atoms with van der Waals surface area (Å²) in [5, 5.41) is 14.5. The SMILES string of the molecule is O=C1c2c(O)c(=O)cnn2[C@@H](C(c2cccc(F)c2)c2ccc(F)c(F)c2)[C@H]2CCCN12. The Morgan fingerprint density at radius 2 is 1.81 bits per heavy atom. The predicted molar refractivity (Wildman–Crippen MR) is 108 cm³/mol. The molecule has 1 amide bonds. The van der Waals surface area contributed by atoms with Gasteiger partial charge >= 0.3 is 0 Å². The van der Waals surface area contributed by atoms with E-state index in [-0.39, 0.29) is 5.69 Å². The molecule has 9 heteroatoms. The lowest BCUT2D eigenvalue weighted by atomic mass is 9.80. The summed E-state index contributed by atoms with van der Waals surface area (Å²) in [7, 11) is 0. The first-order chi connectivity index (χ1) is 15.4. The zero-order chi connectivity index (χ0) is 22.6. The number of aromatic nitrogens is 2. The van der Waals surface area contributed by atoms with E-state index in [2.05, 4.69) is 5.10 Å². The molecule has 164 valence electrons. The van der Waals surface area contributed by atoms with Crippen molar-refractivity contribution < 1.29 is 23.1 Å².